The predicted octanol–water partition coefficient (Wildman–Crippen LogP) is 5.28. The van der Waals surface area contributed by atoms with Crippen molar-refractivity contribution in [2.45, 2.75) is 6.92 Å². The summed E-state index contributed by atoms with van der Waals surface area (Å²) in [5, 5.41) is 0.0549. The molecular weight excluding hydrogens is 455 g/mol. The molecule has 1 heterocycles. The molecule has 0 fully saturated rings. The first kappa shape index (κ1) is 23.8. The van der Waals surface area contributed by atoms with Crippen LogP contribution in [0.15, 0.2) is 69.9 Å². The Morgan fingerprint density at radius 2 is 1.69 bits per heavy atom. The number of hydrogen-bond donors (Lipinski definition) is 0. The van der Waals surface area contributed by atoms with Gasteiger partial charge in [0.2, 0.25) is 11.2 Å². The van der Waals surface area contributed by atoms with E-state index in [1.165, 1.54) is 33.3 Å². The molecule has 0 radical (unpaired) electrons. The third-order valence-corrected chi connectivity index (χ3v) is 5.30. The Balaban J connectivity index is 1.66. The Labute approximate surface area is 200 Å². The number of methoxy groups -OCH3 is 2. The van der Waals surface area contributed by atoms with Crippen LogP contribution in [0.1, 0.15) is 17.3 Å². The molecule has 0 spiro atoms. The molecule has 7 nitrogen and oxygen atoms in total. The molecule has 3 aromatic carbocycles. The van der Waals surface area contributed by atoms with Gasteiger partial charge in [0.05, 0.1) is 19.6 Å². The zero-order chi connectivity index (χ0) is 24.9. The van der Waals surface area contributed by atoms with Gasteiger partial charge in [-0.2, -0.15) is 0 Å². The van der Waals surface area contributed by atoms with Gasteiger partial charge >= 0.3 is 0 Å². The molecule has 8 heteroatoms. The molecule has 0 aliphatic rings. The number of carbonyl (C=O) groups is 1. The van der Waals surface area contributed by atoms with Gasteiger partial charge in [0.25, 0.3) is 0 Å². The van der Waals surface area contributed by atoms with Crippen molar-refractivity contribution in [1.82, 2.24) is 0 Å². The maximum atomic E-state index is 13.8. The summed E-state index contributed by atoms with van der Waals surface area (Å²) in [5.41, 5.74) is 0.729. The van der Waals surface area contributed by atoms with E-state index in [1.807, 2.05) is 0 Å². The van der Waals surface area contributed by atoms with Crippen LogP contribution in [0.5, 0.6) is 23.0 Å². The fourth-order valence-corrected chi connectivity index (χ4v) is 3.56. The van der Waals surface area contributed by atoms with Gasteiger partial charge in [0.1, 0.15) is 30.4 Å². The summed E-state index contributed by atoms with van der Waals surface area (Å²) in [6.07, 6.45) is 0. The molecule has 1 aromatic heterocycles. The molecule has 0 saturated heterocycles. The first-order valence-corrected chi connectivity index (χ1v) is 10.8. The first-order valence-electron chi connectivity index (χ1n) is 10.8. The Morgan fingerprint density at radius 1 is 0.914 bits per heavy atom. The Morgan fingerprint density at radius 3 is 2.43 bits per heavy atom. The standard InChI is InChI=1S/C27H23FO7/c1-16(29)17-5-4-6-20(13-17)33-11-12-34-27-25(30)21-15-19(28)8-10-22(21)35-26(27)18-7-9-23(31-2)24(14-18)32-3/h4-10,13-15H,11-12H2,1-3H3. The van der Waals surface area contributed by atoms with Gasteiger partial charge in [0.15, 0.2) is 23.0 Å². The third-order valence-electron chi connectivity index (χ3n) is 5.30. The third kappa shape index (κ3) is 5.11. The SMILES string of the molecule is COc1ccc(-c2oc3ccc(F)cc3c(=O)c2OCCOc2cccc(C(C)=O)c2)cc1OC. The van der Waals surface area contributed by atoms with Crippen LogP contribution in [0, 0.1) is 5.82 Å². The maximum Gasteiger partial charge on any atom is 0.235 e. The maximum absolute atomic E-state index is 13.8. The van der Waals surface area contributed by atoms with E-state index < -0.39 is 11.2 Å². The van der Waals surface area contributed by atoms with Crippen molar-refractivity contribution in [3.63, 3.8) is 0 Å². The highest BCUT2D eigenvalue weighted by Gasteiger charge is 2.20. The number of rotatable bonds is 9. The fourth-order valence-electron chi connectivity index (χ4n) is 3.56. The number of Topliss-reactive ketones (excluding diaryl/α,β-unsaturated/α-hetero) is 1. The topological polar surface area (TPSA) is 84.2 Å². The number of carbonyl (C=O) groups excluding carboxylic acids is 1. The summed E-state index contributed by atoms with van der Waals surface area (Å²) in [5.74, 6) is 0.867. The largest absolute Gasteiger partial charge is 0.493 e. The molecular formula is C27H23FO7. The first-order chi connectivity index (χ1) is 16.9. The lowest BCUT2D eigenvalue weighted by atomic mass is 10.1. The second-order valence-corrected chi connectivity index (χ2v) is 7.58. The van der Waals surface area contributed by atoms with Crippen molar-refractivity contribution in [2.24, 2.45) is 0 Å². The molecule has 0 saturated carbocycles. The van der Waals surface area contributed by atoms with Gasteiger partial charge < -0.3 is 23.4 Å². The second-order valence-electron chi connectivity index (χ2n) is 7.58. The highest BCUT2D eigenvalue weighted by molar-refractivity contribution is 5.94. The van der Waals surface area contributed by atoms with Gasteiger partial charge in [-0.15, -0.1) is 0 Å². The Kier molecular flexibility index (Phi) is 7.01. The normalized spacial score (nSPS) is 10.7. The van der Waals surface area contributed by atoms with Crippen LogP contribution in [-0.2, 0) is 0 Å². The monoisotopic (exact) mass is 478 g/mol. The van der Waals surface area contributed by atoms with Crippen LogP contribution in [0.3, 0.4) is 0 Å². The zero-order valence-corrected chi connectivity index (χ0v) is 19.4. The number of fused-ring (bicyclic) bond motifs is 1. The summed E-state index contributed by atoms with van der Waals surface area (Å²) < 4.78 is 41.9. The summed E-state index contributed by atoms with van der Waals surface area (Å²) in [6, 6.07) is 15.5. The summed E-state index contributed by atoms with van der Waals surface area (Å²) in [6.45, 7) is 1.56. The lowest BCUT2D eigenvalue weighted by Crippen LogP contribution is -2.15. The molecule has 0 unspecified atom stereocenters. The van der Waals surface area contributed by atoms with Gasteiger partial charge in [-0.3, -0.25) is 9.59 Å². The van der Waals surface area contributed by atoms with E-state index in [0.717, 1.165) is 6.07 Å². The van der Waals surface area contributed by atoms with Gasteiger partial charge in [0, 0.05) is 11.1 Å². The quantitative estimate of drug-likeness (QED) is 0.239. The number of benzene rings is 3. The van der Waals surface area contributed by atoms with Crippen LogP contribution in [0.25, 0.3) is 22.3 Å². The van der Waals surface area contributed by atoms with Gasteiger partial charge in [-0.25, -0.2) is 4.39 Å². The molecule has 0 aliphatic heterocycles. The highest BCUT2D eigenvalue weighted by atomic mass is 19.1. The average molecular weight is 478 g/mol. The van der Waals surface area contributed by atoms with Crippen LogP contribution in [0.2, 0.25) is 0 Å². The predicted molar refractivity (Wildman–Crippen MR) is 128 cm³/mol. The number of hydrogen-bond acceptors (Lipinski definition) is 7. The molecule has 0 N–H and O–H groups in total. The molecule has 4 rings (SSSR count). The molecule has 180 valence electrons. The van der Waals surface area contributed by atoms with E-state index in [2.05, 4.69) is 0 Å². The van der Waals surface area contributed by atoms with Crippen LogP contribution >= 0.6 is 0 Å². The van der Waals surface area contributed by atoms with Crippen LogP contribution in [0.4, 0.5) is 4.39 Å². The molecule has 0 atom stereocenters. The molecule has 0 bridgehead atoms. The summed E-state index contributed by atoms with van der Waals surface area (Å²) in [4.78, 5) is 24.8. The number of ketones is 1. The minimum absolute atomic E-state index is 0.00380. The summed E-state index contributed by atoms with van der Waals surface area (Å²) >= 11 is 0. The number of ether oxygens (including phenoxy) is 4. The molecule has 4 aromatic rings. The van der Waals surface area contributed by atoms with Crippen molar-refractivity contribution in [3.05, 3.63) is 82.3 Å². The van der Waals surface area contributed by atoms with Gasteiger partial charge in [-0.1, -0.05) is 12.1 Å². The zero-order valence-electron chi connectivity index (χ0n) is 19.4. The van der Waals surface area contributed by atoms with E-state index in [4.69, 9.17) is 23.4 Å². The number of halogens is 1. The molecule has 35 heavy (non-hydrogen) atoms. The van der Waals surface area contributed by atoms with E-state index >= 15 is 0 Å². The van der Waals surface area contributed by atoms with E-state index in [1.54, 1.807) is 42.5 Å². The van der Waals surface area contributed by atoms with Gasteiger partial charge in [-0.05, 0) is 55.5 Å². The van der Waals surface area contributed by atoms with Crippen molar-refractivity contribution >= 4 is 16.8 Å². The van der Waals surface area contributed by atoms with E-state index in [0.29, 0.717) is 28.4 Å². The van der Waals surface area contributed by atoms with Crippen LogP contribution in [-0.4, -0.2) is 33.2 Å². The lowest BCUT2D eigenvalue weighted by Gasteiger charge is -2.14. The van der Waals surface area contributed by atoms with Crippen molar-refractivity contribution in [2.75, 3.05) is 27.4 Å². The smallest absolute Gasteiger partial charge is 0.235 e. The fraction of sp³-hybridized carbons (Fsp3) is 0.185. The second kappa shape index (κ2) is 10.3. The highest BCUT2D eigenvalue weighted by Crippen LogP contribution is 2.36. The summed E-state index contributed by atoms with van der Waals surface area (Å²) in [7, 11) is 3.01. The Hall–Kier alpha value is -4.33. The van der Waals surface area contributed by atoms with E-state index in [-0.39, 0.29) is 41.5 Å². The minimum Gasteiger partial charge on any atom is -0.493 e. The minimum atomic E-state index is -0.566. The average Bonchev–Trinajstić information content (AvgIpc) is 2.87. The van der Waals surface area contributed by atoms with Crippen LogP contribution < -0.4 is 24.4 Å². The molecule has 0 aliphatic carbocycles. The lowest BCUT2D eigenvalue weighted by molar-refractivity contribution is 0.101. The van der Waals surface area contributed by atoms with E-state index in [9.17, 15) is 14.0 Å². The van der Waals surface area contributed by atoms with Crippen molar-refractivity contribution in [1.29, 1.82) is 0 Å². The van der Waals surface area contributed by atoms with Crippen molar-refractivity contribution in [3.8, 4) is 34.3 Å². The van der Waals surface area contributed by atoms with Crippen molar-refractivity contribution < 1.29 is 32.5 Å². The molecule has 0 amide bonds. The Bertz CT molecular complexity index is 1440.